The van der Waals surface area contributed by atoms with Crippen LogP contribution in [0, 0.1) is 5.92 Å². The Morgan fingerprint density at radius 1 is 1.16 bits per heavy atom. The molecule has 2 atom stereocenters. The average molecular weight is 572 g/mol. The van der Waals surface area contributed by atoms with Crippen molar-refractivity contribution in [3.8, 4) is 0 Å². The first kappa shape index (κ1) is 31.6. The Morgan fingerprint density at radius 3 is 2.34 bits per heavy atom. The van der Waals surface area contributed by atoms with Gasteiger partial charge in [-0.1, -0.05) is 54.9 Å². The van der Waals surface area contributed by atoms with E-state index in [0.29, 0.717) is 34.1 Å². The minimum atomic E-state index is -4.43. The minimum Gasteiger partial charge on any atom is -0.479 e. The number of alkyl carbamates (subject to hydrolysis) is 1. The van der Waals surface area contributed by atoms with E-state index in [1.165, 1.54) is 12.1 Å². The van der Waals surface area contributed by atoms with Crippen molar-refractivity contribution in [2.24, 2.45) is 5.92 Å². The molecular formula is C28H33ClF3NO4S. The maximum Gasteiger partial charge on any atom is 0.416 e. The summed E-state index contributed by atoms with van der Waals surface area (Å²) in [6.45, 7) is 10.6. The molecule has 0 aliphatic carbocycles. The van der Waals surface area contributed by atoms with E-state index in [-0.39, 0.29) is 6.42 Å². The number of alkyl halides is 3. The van der Waals surface area contributed by atoms with Crippen LogP contribution in [0.1, 0.15) is 58.1 Å². The number of benzene rings is 2. The van der Waals surface area contributed by atoms with E-state index in [1.807, 2.05) is 6.92 Å². The highest BCUT2D eigenvalue weighted by molar-refractivity contribution is 7.99. The summed E-state index contributed by atoms with van der Waals surface area (Å²) in [5.74, 6) is -1.66. The summed E-state index contributed by atoms with van der Waals surface area (Å²) in [6.07, 6.45) is -2.52. The average Bonchev–Trinajstić information content (AvgIpc) is 2.78. The van der Waals surface area contributed by atoms with Crippen LogP contribution >= 0.6 is 23.4 Å². The van der Waals surface area contributed by atoms with Gasteiger partial charge in [-0.15, -0.1) is 6.58 Å². The van der Waals surface area contributed by atoms with E-state index in [2.05, 4.69) is 11.9 Å². The van der Waals surface area contributed by atoms with Crippen LogP contribution in [-0.4, -0.2) is 28.3 Å². The van der Waals surface area contributed by atoms with Crippen molar-refractivity contribution >= 4 is 35.4 Å². The lowest BCUT2D eigenvalue weighted by Gasteiger charge is -2.37. The third kappa shape index (κ3) is 8.70. The largest absolute Gasteiger partial charge is 0.479 e. The van der Waals surface area contributed by atoms with Gasteiger partial charge in [0.05, 0.1) is 5.56 Å². The highest BCUT2D eigenvalue weighted by atomic mass is 35.5. The molecule has 1 unspecified atom stereocenters. The summed E-state index contributed by atoms with van der Waals surface area (Å²) in [4.78, 5) is 26.1. The summed E-state index contributed by atoms with van der Waals surface area (Å²) in [7, 11) is 0. The number of nitrogens with one attached hydrogen (secondary N) is 1. The predicted molar refractivity (Wildman–Crippen MR) is 144 cm³/mol. The van der Waals surface area contributed by atoms with Crippen molar-refractivity contribution in [3.05, 3.63) is 71.3 Å². The lowest BCUT2D eigenvalue weighted by molar-refractivity contribution is -0.147. The normalized spacial score (nSPS) is 14.3. The summed E-state index contributed by atoms with van der Waals surface area (Å²) in [6, 6.07) is 10.3. The van der Waals surface area contributed by atoms with E-state index in [0.717, 1.165) is 29.5 Å². The van der Waals surface area contributed by atoms with Crippen LogP contribution in [-0.2, 0) is 22.1 Å². The maximum atomic E-state index is 13.0. The molecule has 0 fully saturated rings. The number of halogens is 4. The van der Waals surface area contributed by atoms with Crippen LogP contribution in [0.25, 0.3) is 0 Å². The number of carbonyl (C=O) groups is 2. The molecule has 0 aromatic heterocycles. The Balaban J connectivity index is 2.21. The van der Waals surface area contributed by atoms with Gasteiger partial charge in [-0.2, -0.15) is 13.2 Å². The smallest absolute Gasteiger partial charge is 0.416 e. The van der Waals surface area contributed by atoms with E-state index in [1.54, 1.807) is 45.0 Å². The monoisotopic (exact) mass is 571 g/mol. The number of rotatable bonds is 11. The third-order valence-corrected chi connectivity index (χ3v) is 7.28. The second-order valence-electron chi connectivity index (χ2n) is 9.92. The van der Waals surface area contributed by atoms with E-state index >= 15 is 0 Å². The number of carboxylic acid groups (broad SMARTS) is 1. The first-order valence-corrected chi connectivity index (χ1v) is 13.3. The van der Waals surface area contributed by atoms with Gasteiger partial charge in [-0.05, 0) is 81.8 Å². The Morgan fingerprint density at radius 2 is 1.82 bits per heavy atom. The number of hydrogen-bond donors (Lipinski definition) is 2. The summed E-state index contributed by atoms with van der Waals surface area (Å²) < 4.78 is 44.4. The molecule has 0 bridgehead atoms. The van der Waals surface area contributed by atoms with Gasteiger partial charge in [0, 0.05) is 14.8 Å². The first-order valence-electron chi connectivity index (χ1n) is 12.1. The van der Waals surface area contributed by atoms with Gasteiger partial charge in [0.2, 0.25) is 0 Å². The van der Waals surface area contributed by atoms with Crippen LogP contribution in [0.4, 0.5) is 18.0 Å². The van der Waals surface area contributed by atoms with Crippen molar-refractivity contribution in [1.29, 1.82) is 0 Å². The number of carboxylic acids is 1. The number of ether oxygens (including phenoxy) is 1. The first-order chi connectivity index (χ1) is 17.6. The second kappa shape index (κ2) is 12.9. The van der Waals surface area contributed by atoms with E-state index in [9.17, 15) is 27.9 Å². The van der Waals surface area contributed by atoms with Crippen molar-refractivity contribution in [1.82, 2.24) is 5.32 Å². The summed E-state index contributed by atoms with van der Waals surface area (Å²) in [5.41, 5.74) is -2.39. The van der Waals surface area contributed by atoms with Crippen LogP contribution < -0.4 is 5.32 Å². The summed E-state index contributed by atoms with van der Waals surface area (Å²) in [5, 5.41) is 13.2. The molecule has 2 rings (SSSR count). The zero-order valence-electron chi connectivity index (χ0n) is 21.8. The van der Waals surface area contributed by atoms with Crippen LogP contribution in [0.5, 0.6) is 0 Å². The third-order valence-electron chi connectivity index (χ3n) is 5.95. The maximum absolute atomic E-state index is 13.0. The van der Waals surface area contributed by atoms with Gasteiger partial charge in [-0.3, -0.25) is 0 Å². The van der Waals surface area contributed by atoms with Crippen molar-refractivity contribution in [3.63, 3.8) is 0 Å². The molecular weight excluding hydrogens is 539 g/mol. The van der Waals surface area contributed by atoms with Crippen molar-refractivity contribution in [2.75, 3.05) is 0 Å². The van der Waals surface area contributed by atoms with Crippen molar-refractivity contribution in [2.45, 2.75) is 80.5 Å². The van der Waals surface area contributed by atoms with Crippen LogP contribution in [0.15, 0.2) is 64.9 Å². The second-order valence-corrected chi connectivity index (χ2v) is 11.5. The standard InChI is InChI=1S/C28H33ClF3NO4S/c1-6-15-27(24(34)35,33-25(36)37-26(3,4)5)19(7-2)13-11-18-12-14-22(17-23(18)29)38-21-10-8-9-20(16-21)28(30,31)32/h6,8-10,12,14,16-17,19H,1,7,11,13,15H2,2-5H3,(H,33,36)(H,34,35)/t19?,27-/m0/s1. The molecule has 38 heavy (non-hydrogen) atoms. The quantitative estimate of drug-likeness (QED) is 0.265. The Hall–Kier alpha value is -2.65. The molecule has 0 aliphatic heterocycles. The fourth-order valence-electron chi connectivity index (χ4n) is 4.14. The predicted octanol–water partition coefficient (Wildman–Crippen LogP) is 8.39. The highest BCUT2D eigenvalue weighted by Crippen LogP contribution is 2.37. The molecule has 0 saturated heterocycles. The highest BCUT2D eigenvalue weighted by Gasteiger charge is 2.46. The summed E-state index contributed by atoms with van der Waals surface area (Å²) >= 11 is 7.67. The number of amides is 1. The lowest BCUT2D eigenvalue weighted by Crippen LogP contribution is -2.60. The molecule has 0 radical (unpaired) electrons. The topological polar surface area (TPSA) is 75.6 Å². The molecule has 1 amide bonds. The van der Waals surface area contributed by atoms with E-state index in [4.69, 9.17) is 16.3 Å². The van der Waals surface area contributed by atoms with Gasteiger partial charge in [0.25, 0.3) is 0 Å². The molecule has 0 heterocycles. The number of aryl methyl sites for hydroxylation is 1. The zero-order valence-corrected chi connectivity index (χ0v) is 23.4. The lowest BCUT2D eigenvalue weighted by atomic mass is 9.76. The molecule has 2 aromatic rings. The van der Waals surface area contributed by atoms with Gasteiger partial charge in [0.1, 0.15) is 11.1 Å². The number of hydrogen-bond acceptors (Lipinski definition) is 4. The minimum absolute atomic E-state index is 0.000379. The van der Waals surface area contributed by atoms with Gasteiger partial charge in [0.15, 0.2) is 0 Å². The van der Waals surface area contributed by atoms with Crippen LogP contribution in [0.3, 0.4) is 0 Å². The molecule has 208 valence electrons. The van der Waals surface area contributed by atoms with Gasteiger partial charge >= 0.3 is 18.2 Å². The molecule has 2 N–H and O–H groups in total. The molecule has 10 heteroatoms. The zero-order chi connectivity index (χ0) is 28.7. The number of carbonyl (C=O) groups excluding carboxylic acids is 1. The molecule has 0 aliphatic rings. The van der Waals surface area contributed by atoms with E-state index < -0.39 is 40.9 Å². The Bertz CT molecular complexity index is 1150. The fourth-order valence-corrected chi connectivity index (χ4v) is 5.40. The molecule has 2 aromatic carbocycles. The van der Waals surface area contributed by atoms with Gasteiger partial charge < -0.3 is 15.2 Å². The van der Waals surface area contributed by atoms with Crippen LogP contribution in [0.2, 0.25) is 5.02 Å². The van der Waals surface area contributed by atoms with Crippen molar-refractivity contribution < 1.29 is 32.6 Å². The number of aliphatic carboxylic acids is 1. The Labute approximate surface area is 230 Å². The fraction of sp³-hybridized carbons (Fsp3) is 0.429. The SMILES string of the molecule is C=CC[C@@](NC(=O)OC(C)(C)C)(C(=O)O)C(CC)CCc1ccc(Sc2cccc(C(F)(F)F)c2)cc1Cl. The molecule has 5 nitrogen and oxygen atoms in total. The molecule has 0 spiro atoms. The van der Waals surface area contributed by atoms with Gasteiger partial charge in [-0.25, -0.2) is 9.59 Å². The Kier molecular flexibility index (Phi) is 10.7. The molecule has 0 saturated carbocycles.